The lowest BCUT2D eigenvalue weighted by molar-refractivity contribution is -0.141. The van der Waals surface area contributed by atoms with Crippen LogP contribution in [0.1, 0.15) is 26.7 Å². The van der Waals surface area contributed by atoms with Gasteiger partial charge in [-0.25, -0.2) is 0 Å². The van der Waals surface area contributed by atoms with Gasteiger partial charge in [-0.3, -0.25) is 14.5 Å². The molecule has 92 valence electrons. The van der Waals surface area contributed by atoms with Crippen molar-refractivity contribution in [2.75, 3.05) is 26.2 Å². The first-order chi connectivity index (χ1) is 7.54. The summed E-state index contributed by atoms with van der Waals surface area (Å²) in [5.41, 5.74) is 0. The molecule has 1 aliphatic heterocycles. The Kier molecular flexibility index (Phi) is 4.73. The van der Waals surface area contributed by atoms with Gasteiger partial charge in [-0.2, -0.15) is 0 Å². The van der Waals surface area contributed by atoms with Gasteiger partial charge in [0.05, 0.1) is 13.1 Å². The van der Waals surface area contributed by atoms with Crippen LogP contribution in [0, 0.1) is 0 Å². The molecule has 1 amide bonds. The maximum atomic E-state index is 11.7. The van der Waals surface area contributed by atoms with Gasteiger partial charge in [-0.15, -0.1) is 0 Å². The number of amides is 1. The molecule has 5 nitrogen and oxygen atoms in total. The van der Waals surface area contributed by atoms with E-state index in [1.807, 2.05) is 13.8 Å². The highest BCUT2D eigenvalue weighted by Crippen LogP contribution is 2.09. The van der Waals surface area contributed by atoms with E-state index in [1.165, 1.54) is 0 Å². The summed E-state index contributed by atoms with van der Waals surface area (Å²) in [6.45, 7) is 5.75. The molecule has 0 saturated carbocycles. The molecule has 0 spiro atoms. The fourth-order valence-corrected chi connectivity index (χ4v) is 1.64. The Labute approximate surface area is 96.0 Å². The zero-order valence-corrected chi connectivity index (χ0v) is 9.98. The normalized spacial score (nSPS) is 17.1. The van der Waals surface area contributed by atoms with Crippen molar-refractivity contribution >= 4 is 11.9 Å². The van der Waals surface area contributed by atoms with E-state index in [9.17, 15) is 9.59 Å². The Morgan fingerprint density at radius 1 is 1.38 bits per heavy atom. The van der Waals surface area contributed by atoms with Crippen molar-refractivity contribution in [3.63, 3.8) is 0 Å². The smallest absolute Gasteiger partial charge is 0.317 e. The van der Waals surface area contributed by atoms with Crippen LogP contribution in [-0.4, -0.2) is 59.0 Å². The fraction of sp³-hybridized carbons (Fsp3) is 0.818. The molecule has 1 fully saturated rings. The van der Waals surface area contributed by atoms with E-state index in [2.05, 4.69) is 0 Å². The van der Waals surface area contributed by atoms with E-state index >= 15 is 0 Å². The average molecular weight is 228 g/mol. The Balaban J connectivity index is 2.47. The van der Waals surface area contributed by atoms with Gasteiger partial charge in [0.25, 0.3) is 0 Å². The molecule has 1 heterocycles. The molecule has 16 heavy (non-hydrogen) atoms. The number of hydrogen-bond acceptors (Lipinski definition) is 3. The SMILES string of the molecule is CCC(C)N(CC(=O)O)CC(=O)N1CCC1. The predicted octanol–water partition coefficient (Wildman–Crippen LogP) is 0.404. The lowest BCUT2D eigenvalue weighted by Gasteiger charge is -2.34. The topological polar surface area (TPSA) is 60.9 Å². The van der Waals surface area contributed by atoms with Crippen LogP contribution in [0.25, 0.3) is 0 Å². The summed E-state index contributed by atoms with van der Waals surface area (Å²) in [5.74, 6) is -0.829. The highest BCUT2D eigenvalue weighted by molar-refractivity contribution is 5.79. The van der Waals surface area contributed by atoms with Crippen LogP contribution in [0.5, 0.6) is 0 Å². The van der Waals surface area contributed by atoms with E-state index in [1.54, 1.807) is 9.80 Å². The Bertz CT molecular complexity index is 264. The molecule has 1 aliphatic rings. The number of aliphatic carboxylic acids is 1. The van der Waals surface area contributed by atoms with Crippen molar-refractivity contribution in [3.8, 4) is 0 Å². The number of carbonyl (C=O) groups is 2. The third-order valence-electron chi connectivity index (χ3n) is 3.10. The van der Waals surface area contributed by atoms with Gasteiger partial charge in [0.1, 0.15) is 0 Å². The predicted molar refractivity (Wildman–Crippen MR) is 60.2 cm³/mol. The van der Waals surface area contributed by atoms with Crippen LogP contribution in [-0.2, 0) is 9.59 Å². The summed E-state index contributed by atoms with van der Waals surface area (Å²) < 4.78 is 0. The second kappa shape index (κ2) is 5.84. The summed E-state index contributed by atoms with van der Waals surface area (Å²) in [6.07, 6.45) is 1.91. The second-order valence-electron chi connectivity index (χ2n) is 4.29. The zero-order chi connectivity index (χ0) is 12.1. The molecule has 0 radical (unpaired) electrons. The first-order valence-electron chi connectivity index (χ1n) is 5.78. The van der Waals surface area contributed by atoms with E-state index in [-0.39, 0.29) is 25.0 Å². The maximum Gasteiger partial charge on any atom is 0.317 e. The molecule has 1 unspecified atom stereocenters. The summed E-state index contributed by atoms with van der Waals surface area (Å²) in [4.78, 5) is 25.9. The van der Waals surface area contributed by atoms with Crippen LogP contribution in [0.15, 0.2) is 0 Å². The zero-order valence-electron chi connectivity index (χ0n) is 9.98. The quantitative estimate of drug-likeness (QED) is 0.715. The van der Waals surface area contributed by atoms with Gasteiger partial charge in [0, 0.05) is 19.1 Å². The minimum absolute atomic E-state index is 0.0489. The highest BCUT2D eigenvalue weighted by atomic mass is 16.4. The van der Waals surface area contributed by atoms with Gasteiger partial charge < -0.3 is 10.0 Å². The van der Waals surface area contributed by atoms with Gasteiger partial charge >= 0.3 is 5.97 Å². The Morgan fingerprint density at radius 3 is 2.38 bits per heavy atom. The van der Waals surface area contributed by atoms with E-state index in [0.717, 1.165) is 25.9 Å². The average Bonchev–Trinajstić information content (AvgIpc) is 2.11. The number of hydrogen-bond donors (Lipinski definition) is 1. The molecule has 1 N–H and O–H groups in total. The van der Waals surface area contributed by atoms with Crippen LogP contribution in [0.3, 0.4) is 0 Å². The number of nitrogens with zero attached hydrogens (tertiary/aromatic N) is 2. The number of likely N-dealkylation sites (tertiary alicyclic amines) is 1. The molecule has 1 atom stereocenters. The maximum absolute atomic E-state index is 11.7. The first-order valence-corrected chi connectivity index (χ1v) is 5.78. The van der Waals surface area contributed by atoms with Crippen molar-refractivity contribution in [1.82, 2.24) is 9.80 Å². The fourth-order valence-electron chi connectivity index (χ4n) is 1.64. The third kappa shape index (κ3) is 3.48. The van der Waals surface area contributed by atoms with Crippen molar-refractivity contribution < 1.29 is 14.7 Å². The van der Waals surface area contributed by atoms with Gasteiger partial charge in [-0.05, 0) is 19.8 Å². The first kappa shape index (κ1) is 13.0. The summed E-state index contributed by atoms with van der Waals surface area (Å²) in [7, 11) is 0. The minimum atomic E-state index is -0.878. The lowest BCUT2D eigenvalue weighted by Crippen LogP contribution is -2.49. The van der Waals surface area contributed by atoms with Crippen LogP contribution < -0.4 is 0 Å². The minimum Gasteiger partial charge on any atom is -0.480 e. The van der Waals surface area contributed by atoms with Crippen molar-refractivity contribution in [2.24, 2.45) is 0 Å². The molecule has 0 aliphatic carbocycles. The van der Waals surface area contributed by atoms with Crippen molar-refractivity contribution in [1.29, 1.82) is 0 Å². The van der Waals surface area contributed by atoms with Gasteiger partial charge in [0.15, 0.2) is 0 Å². The van der Waals surface area contributed by atoms with Crippen LogP contribution in [0.2, 0.25) is 0 Å². The molecule has 0 bridgehead atoms. The highest BCUT2D eigenvalue weighted by Gasteiger charge is 2.25. The summed E-state index contributed by atoms with van der Waals surface area (Å²) >= 11 is 0. The monoisotopic (exact) mass is 228 g/mol. The van der Waals surface area contributed by atoms with Crippen molar-refractivity contribution in [3.05, 3.63) is 0 Å². The largest absolute Gasteiger partial charge is 0.480 e. The van der Waals surface area contributed by atoms with Gasteiger partial charge in [0.2, 0.25) is 5.91 Å². The molecule has 0 aromatic rings. The van der Waals surface area contributed by atoms with Crippen LogP contribution in [0.4, 0.5) is 0 Å². The van der Waals surface area contributed by atoms with Gasteiger partial charge in [-0.1, -0.05) is 6.92 Å². The van der Waals surface area contributed by atoms with E-state index in [0.29, 0.717) is 0 Å². The number of carbonyl (C=O) groups excluding carboxylic acids is 1. The van der Waals surface area contributed by atoms with Crippen LogP contribution >= 0.6 is 0 Å². The standard InChI is InChI=1S/C11H20N2O3/c1-3-9(2)13(8-11(15)16)7-10(14)12-5-4-6-12/h9H,3-8H2,1-2H3,(H,15,16). The second-order valence-corrected chi connectivity index (χ2v) is 4.29. The molecule has 1 saturated heterocycles. The Morgan fingerprint density at radius 2 is 2.00 bits per heavy atom. The molecular weight excluding hydrogens is 208 g/mol. The van der Waals surface area contributed by atoms with E-state index in [4.69, 9.17) is 5.11 Å². The molecule has 0 aromatic carbocycles. The summed E-state index contributed by atoms with van der Waals surface area (Å²) in [6, 6.07) is 0.126. The summed E-state index contributed by atoms with van der Waals surface area (Å²) in [5, 5.41) is 8.78. The molecule has 5 heteroatoms. The number of carboxylic acid groups (broad SMARTS) is 1. The third-order valence-corrected chi connectivity index (χ3v) is 3.10. The van der Waals surface area contributed by atoms with Crippen molar-refractivity contribution in [2.45, 2.75) is 32.7 Å². The molecule has 1 rings (SSSR count). The lowest BCUT2D eigenvalue weighted by atomic mass is 10.2. The number of carboxylic acids is 1. The number of rotatable bonds is 6. The van der Waals surface area contributed by atoms with E-state index < -0.39 is 5.97 Å². The molecule has 0 aromatic heterocycles. The molecular formula is C11H20N2O3. The Hall–Kier alpha value is -1.10.